The van der Waals surface area contributed by atoms with Crippen molar-refractivity contribution in [2.75, 3.05) is 12.4 Å². The van der Waals surface area contributed by atoms with E-state index in [2.05, 4.69) is 24.3 Å². The first-order chi connectivity index (χ1) is 9.78. The third kappa shape index (κ3) is 2.67. The van der Waals surface area contributed by atoms with Crippen LogP contribution in [0, 0.1) is 5.82 Å². The van der Waals surface area contributed by atoms with Crippen LogP contribution in [0.3, 0.4) is 0 Å². The topological polar surface area (TPSA) is 35.2 Å². The molecule has 0 spiro atoms. The lowest BCUT2D eigenvalue weighted by Crippen LogP contribution is -2.11. The van der Waals surface area contributed by atoms with Gasteiger partial charge in [0.05, 0.1) is 6.61 Å². The summed E-state index contributed by atoms with van der Waals surface area (Å²) < 4.78 is 19.0. The van der Waals surface area contributed by atoms with Crippen molar-refractivity contribution in [1.29, 1.82) is 0 Å². The third-order valence-electron chi connectivity index (χ3n) is 3.48. The number of halogens is 1. The van der Waals surface area contributed by atoms with Crippen LogP contribution < -0.4 is 10.5 Å². The number of benzene rings is 2. The van der Waals surface area contributed by atoms with E-state index < -0.39 is 0 Å². The molecule has 2 aromatic carbocycles. The zero-order chi connectivity index (χ0) is 13.9. The van der Waals surface area contributed by atoms with Crippen molar-refractivity contribution in [3.05, 3.63) is 59.4 Å². The number of nitrogens with two attached hydrogens (primary N) is 1. The number of fused-ring (bicyclic) bond motifs is 1. The van der Waals surface area contributed by atoms with Gasteiger partial charge in [0.25, 0.3) is 0 Å². The summed E-state index contributed by atoms with van der Waals surface area (Å²) in [6.45, 7) is 0.881. The second-order valence-corrected chi connectivity index (χ2v) is 5.87. The SMILES string of the molecule is NCc1cc(F)ccc1OCC1CSc2ccccc21. The van der Waals surface area contributed by atoms with E-state index in [1.807, 2.05) is 11.8 Å². The average Bonchev–Trinajstić information content (AvgIpc) is 2.89. The average molecular weight is 289 g/mol. The lowest BCUT2D eigenvalue weighted by atomic mass is 10.0. The quantitative estimate of drug-likeness (QED) is 0.935. The first-order valence-electron chi connectivity index (χ1n) is 6.61. The molecular formula is C16H16FNOS. The van der Waals surface area contributed by atoms with Gasteiger partial charge in [-0.2, -0.15) is 0 Å². The summed E-state index contributed by atoms with van der Waals surface area (Å²) in [6.07, 6.45) is 0. The summed E-state index contributed by atoms with van der Waals surface area (Å²) in [5, 5.41) is 0. The fourth-order valence-corrected chi connectivity index (χ4v) is 3.64. The molecule has 20 heavy (non-hydrogen) atoms. The summed E-state index contributed by atoms with van der Waals surface area (Å²) >= 11 is 1.86. The number of ether oxygens (including phenoxy) is 1. The van der Waals surface area contributed by atoms with Crippen LogP contribution in [0.25, 0.3) is 0 Å². The molecule has 3 rings (SSSR count). The molecule has 0 saturated carbocycles. The number of hydrogen-bond donors (Lipinski definition) is 1. The highest BCUT2D eigenvalue weighted by Gasteiger charge is 2.23. The van der Waals surface area contributed by atoms with E-state index in [-0.39, 0.29) is 12.4 Å². The first kappa shape index (κ1) is 13.5. The number of thioether (sulfide) groups is 1. The summed E-state index contributed by atoms with van der Waals surface area (Å²) in [6, 6.07) is 12.9. The van der Waals surface area contributed by atoms with E-state index in [0.29, 0.717) is 23.8 Å². The van der Waals surface area contributed by atoms with Gasteiger partial charge in [-0.15, -0.1) is 11.8 Å². The van der Waals surface area contributed by atoms with Gasteiger partial charge in [-0.25, -0.2) is 4.39 Å². The van der Waals surface area contributed by atoms with Crippen LogP contribution in [0.4, 0.5) is 4.39 Å². The number of hydrogen-bond acceptors (Lipinski definition) is 3. The van der Waals surface area contributed by atoms with Crippen LogP contribution in [0.2, 0.25) is 0 Å². The van der Waals surface area contributed by atoms with Crippen molar-refractivity contribution in [2.45, 2.75) is 17.4 Å². The molecule has 0 radical (unpaired) electrons. The monoisotopic (exact) mass is 289 g/mol. The van der Waals surface area contributed by atoms with Crippen molar-refractivity contribution in [3.63, 3.8) is 0 Å². The maximum atomic E-state index is 13.2. The molecule has 2 nitrogen and oxygen atoms in total. The van der Waals surface area contributed by atoms with E-state index in [4.69, 9.17) is 10.5 Å². The van der Waals surface area contributed by atoms with Crippen molar-refractivity contribution in [2.24, 2.45) is 5.73 Å². The van der Waals surface area contributed by atoms with Crippen LogP contribution in [0.1, 0.15) is 17.0 Å². The lowest BCUT2D eigenvalue weighted by molar-refractivity contribution is 0.294. The van der Waals surface area contributed by atoms with Crippen LogP contribution in [-0.2, 0) is 6.54 Å². The molecule has 1 unspecified atom stereocenters. The van der Waals surface area contributed by atoms with Crippen molar-refractivity contribution in [1.82, 2.24) is 0 Å². The summed E-state index contributed by atoms with van der Waals surface area (Å²) in [7, 11) is 0. The molecule has 0 aromatic heterocycles. The standard InChI is InChI=1S/C16H16FNOS/c17-13-5-6-15(11(7-13)8-18)19-9-12-10-20-16-4-2-1-3-14(12)16/h1-7,12H,8-10,18H2. The predicted molar refractivity (Wildman–Crippen MR) is 79.7 cm³/mol. The number of rotatable bonds is 4. The van der Waals surface area contributed by atoms with E-state index in [9.17, 15) is 4.39 Å². The Morgan fingerprint density at radius 3 is 2.95 bits per heavy atom. The molecule has 0 bridgehead atoms. The molecule has 0 fully saturated rings. The van der Waals surface area contributed by atoms with E-state index in [1.165, 1.54) is 22.6 Å². The molecular weight excluding hydrogens is 273 g/mol. The highest BCUT2D eigenvalue weighted by Crippen LogP contribution is 2.39. The molecule has 2 N–H and O–H groups in total. The maximum absolute atomic E-state index is 13.2. The molecule has 0 aliphatic carbocycles. The van der Waals surface area contributed by atoms with Gasteiger partial charge in [-0.1, -0.05) is 18.2 Å². The Balaban J connectivity index is 1.72. The van der Waals surface area contributed by atoms with Crippen molar-refractivity contribution in [3.8, 4) is 5.75 Å². The molecule has 4 heteroatoms. The van der Waals surface area contributed by atoms with Crippen LogP contribution in [-0.4, -0.2) is 12.4 Å². The second kappa shape index (κ2) is 5.85. The largest absolute Gasteiger partial charge is 0.493 e. The van der Waals surface area contributed by atoms with Crippen molar-refractivity contribution < 1.29 is 9.13 Å². The molecule has 2 aromatic rings. The Kier molecular flexibility index (Phi) is 3.94. The van der Waals surface area contributed by atoms with E-state index >= 15 is 0 Å². The zero-order valence-corrected chi connectivity index (χ0v) is 11.8. The molecule has 0 saturated heterocycles. The van der Waals surface area contributed by atoms with Crippen LogP contribution in [0.5, 0.6) is 5.75 Å². The molecule has 1 aliphatic rings. The fraction of sp³-hybridized carbons (Fsp3) is 0.250. The Morgan fingerprint density at radius 1 is 1.25 bits per heavy atom. The Bertz CT molecular complexity index is 617. The minimum absolute atomic E-state index is 0.278. The molecule has 0 amide bonds. The van der Waals surface area contributed by atoms with E-state index in [1.54, 1.807) is 6.07 Å². The molecule has 104 valence electrons. The Morgan fingerprint density at radius 2 is 2.10 bits per heavy atom. The van der Waals surface area contributed by atoms with Crippen LogP contribution in [0.15, 0.2) is 47.4 Å². The van der Waals surface area contributed by atoms with Gasteiger partial charge in [0.2, 0.25) is 0 Å². The van der Waals surface area contributed by atoms with Gasteiger partial charge in [0, 0.05) is 28.7 Å². The fourth-order valence-electron chi connectivity index (χ4n) is 2.41. The Hall–Kier alpha value is -1.52. The van der Waals surface area contributed by atoms with Gasteiger partial charge < -0.3 is 10.5 Å². The normalized spacial score (nSPS) is 17.0. The lowest BCUT2D eigenvalue weighted by Gasteiger charge is -2.15. The minimum atomic E-state index is -0.278. The third-order valence-corrected chi connectivity index (χ3v) is 4.73. The minimum Gasteiger partial charge on any atom is -0.493 e. The predicted octanol–water partition coefficient (Wildman–Crippen LogP) is 3.55. The Labute approximate surface area is 122 Å². The maximum Gasteiger partial charge on any atom is 0.124 e. The summed E-state index contributed by atoms with van der Waals surface area (Å²) in [5.74, 6) is 1.81. The van der Waals surface area contributed by atoms with Gasteiger partial charge in [0.15, 0.2) is 0 Å². The zero-order valence-electron chi connectivity index (χ0n) is 11.0. The summed E-state index contributed by atoms with van der Waals surface area (Å²) in [4.78, 5) is 1.33. The van der Waals surface area contributed by atoms with Gasteiger partial charge in [0.1, 0.15) is 11.6 Å². The molecule has 1 heterocycles. The highest BCUT2D eigenvalue weighted by atomic mass is 32.2. The van der Waals surface area contributed by atoms with Gasteiger partial charge in [-0.05, 0) is 29.8 Å². The summed E-state index contributed by atoms with van der Waals surface area (Å²) in [5.41, 5.74) is 7.68. The van der Waals surface area contributed by atoms with E-state index in [0.717, 1.165) is 5.75 Å². The van der Waals surface area contributed by atoms with Crippen molar-refractivity contribution >= 4 is 11.8 Å². The smallest absolute Gasteiger partial charge is 0.124 e. The highest BCUT2D eigenvalue weighted by molar-refractivity contribution is 7.99. The van der Waals surface area contributed by atoms with Crippen LogP contribution >= 0.6 is 11.8 Å². The molecule has 1 aliphatic heterocycles. The van der Waals surface area contributed by atoms with Gasteiger partial charge in [-0.3, -0.25) is 0 Å². The molecule has 1 atom stereocenters. The second-order valence-electron chi connectivity index (χ2n) is 4.81. The first-order valence-corrected chi connectivity index (χ1v) is 7.59. The van der Waals surface area contributed by atoms with Gasteiger partial charge >= 0.3 is 0 Å².